The van der Waals surface area contributed by atoms with Crippen LogP contribution in [0.3, 0.4) is 0 Å². The number of hydrogen-bond acceptors (Lipinski definition) is 3. The molecule has 2 saturated heterocycles. The van der Waals surface area contributed by atoms with E-state index in [-0.39, 0.29) is 18.0 Å². The first-order valence-electron chi connectivity index (χ1n) is 8.17. The second kappa shape index (κ2) is 6.89. The molecule has 3 rings (SSSR count). The lowest BCUT2D eigenvalue weighted by molar-refractivity contribution is -0.117. The van der Waals surface area contributed by atoms with E-state index in [4.69, 9.17) is 4.74 Å². The van der Waals surface area contributed by atoms with E-state index in [9.17, 15) is 9.59 Å². The zero-order chi connectivity index (χ0) is 16.2. The van der Waals surface area contributed by atoms with Crippen LogP contribution in [-0.2, 0) is 4.79 Å². The molecule has 0 spiro atoms. The summed E-state index contributed by atoms with van der Waals surface area (Å²) in [6.45, 7) is 2.15. The Kier molecular flexibility index (Phi) is 4.69. The minimum absolute atomic E-state index is 0.0408. The second-order valence-electron chi connectivity index (χ2n) is 6.10. The number of carbonyl (C=O) groups is 2. The molecule has 0 aliphatic carbocycles. The molecule has 2 aliphatic heterocycles. The van der Waals surface area contributed by atoms with Crippen LogP contribution in [0.2, 0.25) is 0 Å². The Bertz CT molecular complexity index is 567. The number of ether oxygens (including phenoxy) is 1. The number of anilines is 1. The molecule has 1 N–H and O–H groups in total. The van der Waals surface area contributed by atoms with Gasteiger partial charge in [-0.15, -0.1) is 0 Å². The van der Waals surface area contributed by atoms with Crippen molar-refractivity contribution >= 4 is 17.6 Å². The normalized spacial score (nSPS) is 21.4. The van der Waals surface area contributed by atoms with Gasteiger partial charge in [0.2, 0.25) is 5.91 Å². The lowest BCUT2D eigenvalue weighted by atomic mass is 10.1. The summed E-state index contributed by atoms with van der Waals surface area (Å²) >= 11 is 0. The number of rotatable bonds is 3. The molecule has 6 nitrogen and oxygen atoms in total. The van der Waals surface area contributed by atoms with E-state index >= 15 is 0 Å². The van der Waals surface area contributed by atoms with Crippen LogP contribution in [0.4, 0.5) is 10.5 Å². The van der Waals surface area contributed by atoms with E-state index in [2.05, 4.69) is 5.32 Å². The van der Waals surface area contributed by atoms with Crippen LogP contribution in [0, 0.1) is 0 Å². The molecule has 1 atom stereocenters. The van der Waals surface area contributed by atoms with Gasteiger partial charge in [-0.25, -0.2) is 4.79 Å². The SMILES string of the molecule is COc1ccc(N2CC(NC(=O)N3CCCCC3)CC2=O)cc1. The van der Waals surface area contributed by atoms with Crippen LogP contribution < -0.4 is 15.0 Å². The van der Waals surface area contributed by atoms with Crippen LogP contribution in [0.25, 0.3) is 0 Å². The van der Waals surface area contributed by atoms with Crippen LogP contribution in [-0.4, -0.2) is 49.6 Å². The Morgan fingerprint density at radius 3 is 2.52 bits per heavy atom. The molecule has 3 amide bonds. The molecule has 2 aliphatic rings. The summed E-state index contributed by atoms with van der Waals surface area (Å²) in [6, 6.07) is 7.24. The zero-order valence-corrected chi connectivity index (χ0v) is 13.5. The number of carbonyl (C=O) groups excluding carboxylic acids is 2. The monoisotopic (exact) mass is 317 g/mol. The summed E-state index contributed by atoms with van der Waals surface area (Å²) in [5, 5.41) is 3.00. The van der Waals surface area contributed by atoms with E-state index in [1.807, 2.05) is 29.2 Å². The molecule has 23 heavy (non-hydrogen) atoms. The van der Waals surface area contributed by atoms with Crippen molar-refractivity contribution in [1.82, 2.24) is 10.2 Å². The molecule has 2 fully saturated rings. The lowest BCUT2D eigenvalue weighted by Crippen LogP contribution is -2.47. The fraction of sp³-hybridized carbons (Fsp3) is 0.529. The molecule has 124 valence electrons. The maximum Gasteiger partial charge on any atom is 0.317 e. The molecule has 0 bridgehead atoms. The number of benzene rings is 1. The molecule has 1 aromatic carbocycles. The first-order valence-corrected chi connectivity index (χ1v) is 8.17. The molecule has 0 saturated carbocycles. The Hall–Kier alpha value is -2.24. The topological polar surface area (TPSA) is 61.9 Å². The van der Waals surface area contributed by atoms with E-state index < -0.39 is 0 Å². The van der Waals surface area contributed by atoms with Crippen molar-refractivity contribution in [3.8, 4) is 5.75 Å². The summed E-state index contributed by atoms with van der Waals surface area (Å²) in [4.78, 5) is 28.1. The number of methoxy groups -OCH3 is 1. The van der Waals surface area contributed by atoms with Gasteiger partial charge in [-0.05, 0) is 43.5 Å². The van der Waals surface area contributed by atoms with Crippen molar-refractivity contribution in [2.45, 2.75) is 31.7 Å². The van der Waals surface area contributed by atoms with Crippen molar-refractivity contribution in [3.05, 3.63) is 24.3 Å². The predicted molar refractivity (Wildman–Crippen MR) is 87.7 cm³/mol. The maximum absolute atomic E-state index is 12.3. The fourth-order valence-corrected chi connectivity index (χ4v) is 3.18. The highest BCUT2D eigenvalue weighted by atomic mass is 16.5. The second-order valence-corrected chi connectivity index (χ2v) is 6.10. The highest BCUT2D eigenvalue weighted by Crippen LogP contribution is 2.24. The van der Waals surface area contributed by atoms with Crippen molar-refractivity contribution < 1.29 is 14.3 Å². The third-order valence-electron chi connectivity index (χ3n) is 4.48. The van der Waals surface area contributed by atoms with Gasteiger partial charge in [0.25, 0.3) is 0 Å². The summed E-state index contributed by atoms with van der Waals surface area (Å²) in [7, 11) is 1.61. The molecule has 6 heteroatoms. The van der Waals surface area contributed by atoms with Gasteiger partial charge in [0.05, 0.1) is 13.2 Å². The summed E-state index contributed by atoms with van der Waals surface area (Å²) < 4.78 is 5.13. The Labute approximate surface area is 136 Å². The Morgan fingerprint density at radius 2 is 1.87 bits per heavy atom. The van der Waals surface area contributed by atoms with Crippen molar-refractivity contribution in [3.63, 3.8) is 0 Å². The average molecular weight is 317 g/mol. The van der Waals surface area contributed by atoms with Gasteiger partial charge in [0.1, 0.15) is 5.75 Å². The van der Waals surface area contributed by atoms with Crippen LogP contribution in [0.1, 0.15) is 25.7 Å². The number of urea groups is 1. The lowest BCUT2D eigenvalue weighted by Gasteiger charge is -2.28. The first-order chi connectivity index (χ1) is 11.2. The number of likely N-dealkylation sites (tertiary alicyclic amines) is 1. The van der Waals surface area contributed by atoms with E-state index in [1.165, 1.54) is 6.42 Å². The standard InChI is InChI=1S/C17H23N3O3/c1-23-15-7-5-14(6-8-15)20-12-13(11-16(20)21)18-17(22)19-9-3-2-4-10-19/h5-8,13H,2-4,9-12H2,1H3,(H,18,22). The molecule has 2 heterocycles. The fourth-order valence-electron chi connectivity index (χ4n) is 3.18. The first kappa shape index (κ1) is 15.6. The van der Waals surface area contributed by atoms with Gasteiger partial charge in [0.15, 0.2) is 0 Å². The Balaban J connectivity index is 1.59. The zero-order valence-electron chi connectivity index (χ0n) is 13.5. The number of hydrogen-bond donors (Lipinski definition) is 1. The largest absolute Gasteiger partial charge is 0.497 e. The smallest absolute Gasteiger partial charge is 0.317 e. The maximum atomic E-state index is 12.3. The number of nitrogens with one attached hydrogen (secondary N) is 1. The summed E-state index contributed by atoms with van der Waals surface area (Å²) in [6.07, 6.45) is 3.67. The summed E-state index contributed by atoms with van der Waals surface area (Å²) in [5.74, 6) is 0.800. The number of amides is 3. The molecule has 0 aromatic heterocycles. The molecular weight excluding hydrogens is 294 g/mol. The highest BCUT2D eigenvalue weighted by molar-refractivity contribution is 5.96. The molecule has 0 radical (unpaired) electrons. The van der Waals surface area contributed by atoms with Gasteiger partial charge in [-0.2, -0.15) is 0 Å². The molecule has 1 unspecified atom stereocenters. The highest BCUT2D eigenvalue weighted by Gasteiger charge is 2.32. The predicted octanol–water partition coefficient (Wildman–Crippen LogP) is 2.00. The van der Waals surface area contributed by atoms with Gasteiger partial charge in [-0.3, -0.25) is 4.79 Å². The van der Waals surface area contributed by atoms with Crippen molar-refractivity contribution in [1.29, 1.82) is 0 Å². The van der Waals surface area contributed by atoms with Gasteiger partial charge >= 0.3 is 6.03 Å². The van der Waals surface area contributed by atoms with Gasteiger partial charge in [-0.1, -0.05) is 0 Å². The van der Waals surface area contributed by atoms with Gasteiger partial charge in [0, 0.05) is 31.7 Å². The third-order valence-corrected chi connectivity index (χ3v) is 4.48. The third kappa shape index (κ3) is 3.57. The van der Waals surface area contributed by atoms with Crippen LogP contribution in [0.5, 0.6) is 5.75 Å². The average Bonchev–Trinajstić information content (AvgIpc) is 2.96. The number of piperidine rings is 1. The summed E-state index contributed by atoms with van der Waals surface area (Å²) in [5.41, 5.74) is 0.838. The van der Waals surface area contributed by atoms with E-state index in [0.717, 1.165) is 37.4 Å². The van der Waals surface area contributed by atoms with Crippen LogP contribution in [0.15, 0.2) is 24.3 Å². The molecular formula is C17H23N3O3. The Morgan fingerprint density at radius 1 is 1.17 bits per heavy atom. The molecule has 1 aromatic rings. The van der Waals surface area contributed by atoms with E-state index in [0.29, 0.717) is 13.0 Å². The number of nitrogens with zero attached hydrogens (tertiary/aromatic N) is 2. The quantitative estimate of drug-likeness (QED) is 0.927. The minimum atomic E-state index is -0.126. The van der Waals surface area contributed by atoms with Crippen molar-refractivity contribution in [2.24, 2.45) is 0 Å². The van der Waals surface area contributed by atoms with Gasteiger partial charge < -0.3 is 19.9 Å². The van der Waals surface area contributed by atoms with E-state index in [1.54, 1.807) is 12.0 Å². The minimum Gasteiger partial charge on any atom is -0.497 e. The van der Waals surface area contributed by atoms with Crippen LogP contribution >= 0.6 is 0 Å². The van der Waals surface area contributed by atoms with Crippen molar-refractivity contribution in [2.75, 3.05) is 31.6 Å².